The van der Waals surface area contributed by atoms with Gasteiger partial charge in [-0.05, 0) is 29.8 Å². The van der Waals surface area contributed by atoms with Crippen molar-refractivity contribution < 1.29 is 4.74 Å². The van der Waals surface area contributed by atoms with Crippen LogP contribution in [0.3, 0.4) is 0 Å². The normalized spacial score (nSPS) is 10.2. The second-order valence-electron chi connectivity index (χ2n) is 5.14. The molecule has 0 aliphatic carbocycles. The van der Waals surface area contributed by atoms with E-state index in [1.54, 1.807) is 7.11 Å². The molecule has 0 aliphatic heterocycles. The van der Waals surface area contributed by atoms with Crippen molar-refractivity contribution in [3.05, 3.63) is 64.6 Å². The molecule has 4 nitrogen and oxygen atoms in total. The number of methoxy groups -OCH3 is 1. The van der Waals surface area contributed by atoms with Crippen LogP contribution in [0.5, 0.6) is 5.75 Å². The maximum atomic E-state index is 9.47. The number of hydrogen-bond donors (Lipinski definition) is 1. The molecule has 5 heteroatoms. The van der Waals surface area contributed by atoms with Crippen LogP contribution in [0.4, 0.5) is 5.82 Å². The molecule has 118 valence electrons. The Labute approximate surface area is 148 Å². The standard InChI is InChI=1S/C19H14BrN3O/c1-24-13-8-6-12(7-9-13)15-10-18(23-19(22)16(15)11-21)14-4-2-3-5-17(14)20/h2-10H,1H3,(H2,22,23). The van der Waals surface area contributed by atoms with Gasteiger partial charge in [0.2, 0.25) is 0 Å². The predicted octanol–water partition coefficient (Wildman–Crippen LogP) is 4.64. The summed E-state index contributed by atoms with van der Waals surface area (Å²) in [5.74, 6) is 0.974. The van der Waals surface area contributed by atoms with Crippen molar-refractivity contribution in [2.75, 3.05) is 12.8 Å². The fourth-order valence-electron chi connectivity index (χ4n) is 2.49. The summed E-state index contributed by atoms with van der Waals surface area (Å²) in [7, 11) is 1.62. The van der Waals surface area contributed by atoms with Crippen molar-refractivity contribution in [1.82, 2.24) is 4.98 Å². The van der Waals surface area contributed by atoms with Crippen LogP contribution in [0, 0.1) is 11.3 Å². The molecule has 1 aromatic heterocycles. The molecule has 0 saturated heterocycles. The van der Waals surface area contributed by atoms with Crippen LogP contribution in [-0.2, 0) is 0 Å². The zero-order chi connectivity index (χ0) is 17.1. The molecule has 0 bridgehead atoms. The first-order valence-electron chi connectivity index (χ1n) is 7.24. The number of hydrogen-bond acceptors (Lipinski definition) is 4. The van der Waals surface area contributed by atoms with Gasteiger partial charge in [0.15, 0.2) is 0 Å². The summed E-state index contributed by atoms with van der Waals surface area (Å²) in [6.45, 7) is 0. The first-order chi connectivity index (χ1) is 11.6. The van der Waals surface area contributed by atoms with Gasteiger partial charge in [-0.3, -0.25) is 0 Å². The number of rotatable bonds is 3. The molecule has 0 fully saturated rings. The van der Waals surface area contributed by atoms with Crippen LogP contribution in [0.1, 0.15) is 5.56 Å². The van der Waals surface area contributed by atoms with E-state index >= 15 is 0 Å². The third-order valence-corrected chi connectivity index (χ3v) is 4.40. The molecule has 0 aliphatic rings. The van der Waals surface area contributed by atoms with Gasteiger partial charge >= 0.3 is 0 Å². The number of nitrogens with two attached hydrogens (primary N) is 1. The summed E-state index contributed by atoms with van der Waals surface area (Å²) >= 11 is 3.53. The highest BCUT2D eigenvalue weighted by Gasteiger charge is 2.14. The monoisotopic (exact) mass is 379 g/mol. The van der Waals surface area contributed by atoms with Crippen LogP contribution in [0.25, 0.3) is 22.4 Å². The third-order valence-electron chi connectivity index (χ3n) is 3.71. The molecular formula is C19H14BrN3O. The number of nitriles is 1. The van der Waals surface area contributed by atoms with E-state index in [0.717, 1.165) is 26.9 Å². The Morgan fingerprint density at radius 3 is 2.42 bits per heavy atom. The van der Waals surface area contributed by atoms with E-state index in [-0.39, 0.29) is 5.82 Å². The second kappa shape index (κ2) is 6.73. The van der Waals surface area contributed by atoms with Crippen LogP contribution in [0.2, 0.25) is 0 Å². The van der Waals surface area contributed by atoms with Gasteiger partial charge in [0.05, 0.1) is 12.8 Å². The Morgan fingerprint density at radius 2 is 1.79 bits per heavy atom. The minimum Gasteiger partial charge on any atom is -0.497 e. The zero-order valence-corrected chi connectivity index (χ0v) is 14.5. The second-order valence-corrected chi connectivity index (χ2v) is 5.99. The molecule has 0 radical (unpaired) electrons. The number of ether oxygens (including phenoxy) is 1. The van der Waals surface area contributed by atoms with Crippen LogP contribution < -0.4 is 10.5 Å². The highest BCUT2D eigenvalue weighted by Crippen LogP contribution is 2.34. The molecule has 2 N–H and O–H groups in total. The molecule has 0 spiro atoms. The molecule has 24 heavy (non-hydrogen) atoms. The van der Waals surface area contributed by atoms with Gasteiger partial charge in [-0.2, -0.15) is 5.26 Å². The molecule has 0 atom stereocenters. The number of benzene rings is 2. The summed E-state index contributed by atoms with van der Waals surface area (Å²) in [5.41, 5.74) is 9.68. The van der Waals surface area contributed by atoms with Crippen molar-refractivity contribution in [1.29, 1.82) is 5.26 Å². The minimum atomic E-state index is 0.219. The van der Waals surface area contributed by atoms with E-state index < -0.39 is 0 Å². The van der Waals surface area contributed by atoms with Crippen molar-refractivity contribution in [2.45, 2.75) is 0 Å². The third kappa shape index (κ3) is 2.97. The van der Waals surface area contributed by atoms with E-state index in [1.807, 2.05) is 54.6 Å². The van der Waals surface area contributed by atoms with Crippen molar-refractivity contribution in [3.63, 3.8) is 0 Å². The largest absolute Gasteiger partial charge is 0.497 e. The lowest BCUT2D eigenvalue weighted by molar-refractivity contribution is 0.415. The molecule has 0 amide bonds. The van der Waals surface area contributed by atoms with Gasteiger partial charge in [-0.25, -0.2) is 4.98 Å². The smallest absolute Gasteiger partial charge is 0.142 e. The number of pyridine rings is 1. The van der Waals surface area contributed by atoms with E-state index in [1.165, 1.54) is 0 Å². The first-order valence-corrected chi connectivity index (χ1v) is 8.03. The number of anilines is 1. The Hall–Kier alpha value is -2.84. The average Bonchev–Trinajstić information content (AvgIpc) is 2.61. The van der Waals surface area contributed by atoms with E-state index in [9.17, 15) is 5.26 Å². The summed E-state index contributed by atoms with van der Waals surface area (Å²) in [6, 6.07) is 19.3. The van der Waals surface area contributed by atoms with Crippen LogP contribution >= 0.6 is 15.9 Å². The van der Waals surface area contributed by atoms with Crippen LogP contribution in [0.15, 0.2) is 59.1 Å². The number of nitrogen functional groups attached to an aromatic ring is 1. The Bertz CT molecular complexity index is 930. The Balaban J connectivity index is 2.21. The SMILES string of the molecule is COc1ccc(-c2cc(-c3ccccc3Br)nc(N)c2C#N)cc1. The summed E-state index contributed by atoms with van der Waals surface area (Å²) < 4.78 is 6.10. The maximum absolute atomic E-state index is 9.47. The first kappa shape index (κ1) is 16.0. The Morgan fingerprint density at radius 1 is 1.08 bits per heavy atom. The summed E-state index contributed by atoms with van der Waals surface area (Å²) in [6.07, 6.45) is 0. The molecule has 3 aromatic rings. The lowest BCUT2D eigenvalue weighted by Gasteiger charge is -2.11. The van der Waals surface area contributed by atoms with Gasteiger partial charge in [0.25, 0.3) is 0 Å². The molecule has 1 heterocycles. The predicted molar refractivity (Wildman–Crippen MR) is 98.5 cm³/mol. The minimum absolute atomic E-state index is 0.219. The number of aromatic nitrogens is 1. The quantitative estimate of drug-likeness (QED) is 0.719. The molecule has 0 unspecified atom stereocenters. The highest BCUT2D eigenvalue weighted by atomic mass is 79.9. The van der Waals surface area contributed by atoms with E-state index in [4.69, 9.17) is 10.5 Å². The van der Waals surface area contributed by atoms with Crippen molar-refractivity contribution in [3.8, 4) is 34.2 Å². The summed E-state index contributed by atoms with van der Waals surface area (Å²) in [5, 5.41) is 9.47. The maximum Gasteiger partial charge on any atom is 0.142 e. The van der Waals surface area contributed by atoms with E-state index in [2.05, 4.69) is 27.0 Å². The van der Waals surface area contributed by atoms with Gasteiger partial charge in [-0.1, -0.05) is 46.3 Å². The van der Waals surface area contributed by atoms with Gasteiger partial charge < -0.3 is 10.5 Å². The molecule has 2 aromatic carbocycles. The van der Waals surface area contributed by atoms with Gasteiger partial charge in [0, 0.05) is 15.6 Å². The van der Waals surface area contributed by atoms with Crippen molar-refractivity contribution in [2.24, 2.45) is 0 Å². The highest BCUT2D eigenvalue weighted by molar-refractivity contribution is 9.10. The van der Waals surface area contributed by atoms with Gasteiger partial charge in [0.1, 0.15) is 23.2 Å². The Kier molecular flexibility index (Phi) is 4.50. The molecular weight excluding hydrogens is 366 g/mol. The topological polar surface area (TPSA) is 71.9 Å². The van der Waals surface area contributed by atoms with Crippen LogP contribution in [-0.4, -0.2) is 12.1 Å². The van der Waals surface area contributed by atoms with Gasteiger partial charge in [-0.15, -0.1) is 0 Å². The summed E-state index contributed by atoms with van der Waals surface area (Å²) in [4.78, 5) is 4.40. The fourth-order valence-corrected chi connectivity index (χ4v) is 2.98. The van der Waals surface area contributed by atoms with E-state index in [0.29, 0.717) is 11.3 Å². The fraction of sp³-hybridized carbons (Fsp3) is 0.0526. The number of nitrogens with zero attached hydrogens (tertiary/aromatic N) is 2. The number of halogens is 1. The lowest BCUT2D eigenvalue weighted by atomic mass is 9.98. The zero-order valence-electron chi connectivity index (χ0n) is 13.0. The molecule has 0 saturated carbocycles. The lowest BCUT2D eigenvalue weighted by Crippen LogP contribution is -2.00. The average molecular weight is 380 g/mol. The van der Waals surface area contributed by atoms with Crippen molar-refractivity contribution >= 4 is 21.7 Å². The molecule has 3 rings (SSSR count).